The second kappa shape index (κ2) is 5.41. The van der Waals surface area contributed by atoms with Crippen LogP contribution in [0.25, 0.3) is 21.8 Å². The van der Waals surface area contributed by atoms with Crippen LogP contribution in [0, 0.1) is 0 Å². The average molecular weight is 285 g/mol. The molecule has 1 amide bonds. The summed E-state index contributed by atoms with van der Waals surface area (Å²) >= 11 is 0. The lowest BCUT2D eigenvalue weighted by Crippen LogP contribution is -2.24. The largest absolute Gasteiger partial charge is 0.396 e. The van der Waals surface area contributed by atoms with Crippen LogP contribution in [0.3, 0.4) is 0 Å². The molecule has 0 aliphatic rings. The fraction of sp³-hybridized carbons (Fsp3) is 0.200. The SMILES string of the molecule is O=C(NCCCO)c1c[nH]c2c(=O)[nH]c3ccccc3c12. The molecule has 0 saturated heterocycles. The van der Waals surface area contributed by atoms with E-state index in [9.17, 15) is 9.59 Å². The molecule has 21 heavy (non-hydrogen) atoms. The molecule has 3 aromatic rings. The zero-order valence-corrected chi connectivity index (χ0v) is 11.3. The van der Waals surface area contributed by atoms with Crippen LogP contribution in [0.4, 0.5) is 0 Å². The van der Waals surface area contributed by atoms with Gasteiger partial charge in [0.1, 0.15) is 5.52 Å². The minimum atomic E-state index is -0.259. The number of aliphatic hydroxyl groups is 1. The second-order valence-electron chi connectivity index (χ2n) is 4.79. The molecule has 0 aliphatic carbocycles. The Morgan fingerprint density at radius 1 is 1.29 bits per heavy atom. The number of benzene rings is 1. The van der Waals surface area contributed by atoms with E-state index in [2.05, 4.69) is 15.3 Å². The Labute approximate surface area is 119 Å². The molecule has 0 atom stereocenters. The summed E-state index contributed by atoms with van der Waals surface area (Å²) in [5, 5.41) is 12.9. The third-order valence-electron chi connectivity index (χ3n) is 3.42. The highest BCUT2D eigenvalue weighted by Gasteiger charge is 2.16. The van der Waals surface area contributed by atoms with Crippen molar-refractivity contribution in [1.82, 2.24) is 15.3 Å². The van der Waals surface area contributed by atoms with E-state index in [-0.39, 0.29) is 18.1 Å². The number of pyridine rings is 1. The standard InChI is InChI=1S/C15H15N3O3/c19-7-3-6-16-14(20)10-8-17-13-12(10)9-4-1-2-5-11(9)18-15(13)21/h1-2,4-5,8,17,19H,3,6-7H2,(H,16,20)(H,18,21). The number of aromatic nitrogens is 2. The molecule has 1 aromatic carbocycles. The van der Waals surface area contributed by atoms with Gasteiger partial charge in [-0.2, -0.15) is 0 Å². The van der Waals surface area contributed by atoms with Crippen molar-refractivity contribution >= 4 is 27.7 Å². The summed E-state index contributed by atoms with van der Waals surface area (Å²) in [7, 11) is 0. The number of fused-ring (bicyclic) bond motifs is 3. The van der Waals surface area contributed by atoms with Gasteiger partial charge in [-0.05, 0) is 12.5 Å². The molecule has 2 aromatic heterocycles. The normalized spacial score (nSPS) is 11.1. The monoisotopic (exact) mass is 285 g/mol. The van der Waals surface area contributed by atoms with Crippen LogP contribution in [0.5, 0.6) is 0 Å². The Bertz CT molecular complexity index is 863. The quantitative estimate of drug-likeness (QED) is 0.541. The topological polar surface area (TPSA) is 98.0 Å². The first-order valence-corrected chi connectivity index (χ1v) is 6.73. The Kier molecular flexibility index (Phi) is 3.45. The predicted octanol–water partition coefficient (Wildman–Crippen LogP) is 1.12. The summed E-state index contributed by atoms with van der Waals surface area (Å²) in [5.74, 6) is -0.259. The lowest BCUT2D eigenvalue weighted by molar-refractivity contribution is 0.0953. The van der Waals surface area contributed by atoms with Gasteiger partial charge in [0.2, 0.25) is 0 Å². The fourth-order valence-corrected chi connectivity index (χ4v) is 2.43. The van der Waals surface area contributed by atoms with Crippen LogP contribution < -0.4 is 10.9 Å². The van der Waals surface area contributed by atoms with Gasteiger partial charge in [-0.1, -0.05) is 18.2 Å². The molecular formula is C15H15N3O3. The number of nitrogens with one attached hydrogen (secondary N) is 3. The Balaban J connectivity index is 2.16. The smallest absolute Gasteiger partial charge is 0.272 e. The first-order valence-electron chi connectivity index (χ1n) is 6.73. The summed E-state index contributed by atoms with van der Waals surface area (Å²) in [6.07, 6.45) is 2.04. The maximum atomic E-state index is 12.2. The summed E-state index contributed by atoms with van der Waals surface area (Å²) in [6.45, 7) is 0.417. The lowest BCUT2D eigenvalue weighted by atomic mass is 10.1. The van der Waals surface area contributed by atoms with Crippen LogP contribution in [0.1, 0.15) is 16.8 Å². The van der Waals surface area contributed by atoms with Crippen molar-refractivity contribution in [2.45, 2.75) is 6.42 Å². The van der Waals surface area contributed by atoms with Crippen LogP contribution in [0.15, 0.2) is 35.3 Å². The average Bonchev–Trinajstić information content (AvgIpc) is 2.93. The minimum Gasteiger partial charge on any atom is -0.396 e. The highest BCUT2D eigenvalue weighted by molar-refractivity contribution is 6.16. The second-order valence-corrected chi connectivity index (χ2v) is 4.79. The summed E-state index contributed by atoms with van der Waals surface area (Å²) in [5.41, 5.74) is 1.27. The summed E-state index contributed by atoms with van der Waals surface area (Å²) in [6, 6.07) is 7.36. The van der Waals surface area contributed by atoms with E-state index in [1.807, 2.05) is 18.2 Å². The lowest BCUT2D eigenvalue weighted by Gasteiger charge is -2.04. The number of para-hydroxylation sites is 1. The van der Waals surface area contributed by atoms with E-state index in [0.29, 0.717) is 34.9 Å². The molecule has 4 N–H and O–H groups in total. The molecule has 0 radical (unpaired) electrons. The van der Waals surface area contributed by atoms with Gasteiger partial charge in [0.25, 0.3) is 11.5 Å². The van der Waals surface area contributed by atoms with Crippen LogP contribution >= 0.6 is 0 Å². The van der Waals surface area contributed by atoms with Crippen LogP contribution in [-0.2, 0) is 0 Å². The van der Waals surface area contributed by atoms with Gasteiger partial charge in [0, 0.05) is 35.6 Å². The van der Waals surface area contributed by atoms with Gasteiger partial charge < -0.3 is 20.4 Å². The maximum Gasteiger partial charge on any atom is 0.272 e. The van der Waals surface area contributed by atoms with Crippen molar-refractivity contribution in [3.05, 3.63) is 46.4 Å². The van der Waals surface area contributed by atoms with Crippen LogP contribution in [-0.4, -0.2) is 34.1 Å². The third-order valence-corrected chi connectivity index (χ3v) is 3.42. The number of amides is 1. The summed E-state index contributed by atoms with van der Waals surface area (Å²) < 4.78 is 0. The number of carbonyl (C=O) groups excluding carboxylic acids is 1. The minimum absolute atomic E-state index is 0.0246. The Hall–Kier alpha value is -2.60. The van der Waals surface area contributed by atoms with E-state index in [1.54, 1.807) is 12.3 Å². The number of aliphatic hydroxyl groups excluding tert-OH is 1. The molecule has 6 nitrogen and oxygen atoms in total. The number of H-pyrrole nitrogens is 2. The van der Waals surface area contributed by atoms with E-state index >= 15 is 0 Å². The first kappa shape index (κ1) is 13.4. The number of carbonyl (C=O) groups is 1. The molecule has 2 heterocycles. The van der Waals surface area contributed by atoms with Crippen molar-refractivity contribution in [3.63, 3.8) is 0 Å². The van der Waals surface area contributed by atoms with Gasteiger partial charge in [-0.25, -0.2) is 0 Å². The van der Waals surface area contributed by atoms with Crippen LogP contribution in [0.2, 0.25) is 0 Å². The zero-order chi connectivity index (χ0) is 14.8. The number of rotatable bonds is 4. The fourth-order valence-electron chi connectivity index (χ4n) is 2.43. The molecule has 0 aliphatic heterocycles. The molecule has 0 spiro atoms. The number of hydrogen-bond donors (Lipinski definition) is 4. The molecular weight excluding hydrogens is 270 g/mol. The van der Waals surface area contributed by atoms with Gasteiger partial charge >= 0.3 is 0 Å². The molecule has 108 valence electrons. The van der Waals surface area contributed by atoms with Crippen molar-refractivity contribution < 1.29 is 9.90 Å². The Morgan fingerprint density at radius 3 is 2.90 bits per heavy atom. The van der Waals surface area contributed by atoms with Gasteiger partial charge in [-0.15, -0.1) is 0 Å². The summed E-state index contributed by atoms with van der Waals surface area (Å²) in [4.78, 5) is 29.9. The van der Waals surface area contributed by atoms with Crippen molar-refractivity contribution in [2.75, 3.05) is 13.2 Å². The van der Waals surface area contributed by atoms with Crippen molar-refractivity contribution in [2.24, 2.45) is 0 Å². The maximum absolute atomic E-state index is 12.2. The first-order chi connectivity index (χ1) is 10.2. The Morgan fingerprint density at radius 2 is 2.10 bits per heavy atom. The highest BCUT2D eigenvalue weighted by atomic mass is 16.3. The number of hydrogen-bond acceptors (Lipinski definition) is 3. The molecule has 0 unspecified atom stereocenters. The third kappa shape index (κ3) is 2.30. The number of aromatic amines is 2. The van der Waals surface area contributed by atoms with E-state index in [4.69, 9.17) is 5.11 Å². The zero-order valence-electron chi connectivity index (χ0n) is 11.3. The predicted molar refractivity (Wildman–Crippen MR) is 80.5 cm³/mol. The van der Waals surface area contributed by atoms with Gasteiger partial charge in [-0.3, -0.25) is 9.59 Å². The highest BCUT2D eigenvalue weighted by Crippen LogP contribution is 2.24. The molecule has 0 bridgehead atoms. The van der Waals surface area contributed by atoms with Gasteiger partial charge in [0.05, 0.1) is 5.56 Å². The van der Waals surface area contributed by atoms with E-state index < -0.39 is 0 Å². The van der Waals surface area contributed by atoms with Crippen molar-refractivity contribution in [3.8, 4) is 0 Å². The van der Waals surface area contributed by atoms with E-state index in [1.165, 1.54) is 0 Å². The molecule has 0 fully saturated rings. The van der Waals surface area contributed by atoms with E-state index in [0.717, 1.165) is 5.39 Å². The molecule has 3 rings (SSSR count). The molecule has 0 saturated carbocycles. The van der Waals surface area contributed by atoms with Gasteiger partial charge in [0.15, 0.2) is 0 Å². The van der Waals surface area contributed by atoms with Crippen molar-refractivity contribution in [1.29, 1.82) is 0 Å². The molecule has 6 heteroatoms.